The summed E-state index contributed by atoms with van der Waals surface area (Å²) in [4.78, 5) is 7.09. The standard InChI is InChI=1S/C16H32N4O2S/c1-3-17-15(18-11-7-12-19-23(2,21)22)20-13-10-16(14-20)8-5-4-6-9-16/h19H,3-14H2,1-2H3,(H,17,18). The van der Waals surface area contributed by atoms with E-state index in [4.69, 9.17) is 0 Å². The monoisotopic (exact) mass is 344 g/mol. The summed E-state index contributed by atoms with van der Waals surface area (Å²) in [5.74, 6) is 0.995. The van der Waals surface area contributed by atoms with Crippen LogP contribution in [-0.2, 0) is 10.0 Å². The molecule has 6 nitrogen and oxygen atoms in total. The zero-order chi connectivity index (χ0) is 16.8. The average Bonchev–Trinajstić information content (AvgIpc) is 2.89. The summed E-state index contributed by atoms with van der Waals surface area (Å²) < 4.78 is 24.6. The summed E-state index contributed by atoms with van der Waals surface area (Å²) in [6, 6.07) is 0. The van der Waals surface area contributed by atoms with Crippen LogP contribution in [0, 0.1) is 5.41 Å². The van der Waals surface area contributed by atoms with Crippen LogP contribution in [0.3, 0.4) is 0 Å². The SMILES string of the molecule is CCNC(=NCCCNS(C)(=O)=O)N1CCC2(CCCCC2)C1. The Morgan fingerprint density at radius 3 is 2.61 bits per heavy atom. The molecule has 1 heterocycles. The highest BCUT2D eigenvalue weighted by molar-refractivity contribution is 7.88. The van der Waals surface area contributed by atoms with E-state index < -0.39 is 10.0 Å². The summed E-state index contributed by atoms with van der Waals surface area (Å²) in [6.07, 6.45) is 10.1. The van der Waals surface area contributed by atoms with Gasteiger partial charge in [0.25, 0.3) is 0 Å². The number of guanidine groups is 1. The van der Waals surface area contributed by atoms with Crippen LogP contribution in [-0.4, -0.2) is 58.3 Å². The van der Waals surface area contributed by atoms with Crippen LogP contribution in [0.5, 0.6) is 0 Å². The van der Waals surface area contributed by atoms with Gasteiger partial charge in [-0.15, -0.1) is 0 Å². The first-order valence-corrected chi connectivity index (χ1v) is 10.8. The van der Waals surface area contributed by atoms with E-state index in [9.17, 15) is 8.42 Å². The van der Waals surface area contributed by atoms with E-state index in [0.717, 1.165) is 32.0 Å². The molecule has 2 N–H and O–H groups in total. The predicted octanol–water partition coefficient (Wildman–Crippen LogP) is 1.55. The van der Waals surface area contributed by atoms with Crippen molar-refractivity contribution in [1.29, 1.82) is 0 Å². The van der Waals surface area contributed by atoms with Gasteiger partial charge >= 0.3 is 0 Å². The molecule has 1 aliphatic carbocycles. The zero-order valence-corrected chi connectivity index (χ0v) is 15.4. The van der Waals surface area contributed by atoms with Crippen molar-refractivity contribution in [3.8, 4) is 0 Å². The van der Waals surface area contributed by atoms with Crippen LogP contribution < -0.4 is 10.0 Å². The average molecular weight is 345 g/mol. The van der Waals surface area contributed by atoms with E-state index in [-0.39, 0.29) is 0 Å². The second-order valence-electron chi connectivity index (χ2n) is 6.99. The van der Waals surface area contributed by atoms with Gasteiger partial charge in [-0.2, -0.15) is 0 Å². The normalized spacial score (nSPS) is 21.8. The van der Waals surface area contributed by atoms with E-state index in [0.29, 0.717) is 18.5 Å². The van der Waals surface area contributed by atoms with Crippen molar-refractivity contribution in [2.45, 2.75) is 51.9 Å². The third kappa shape index (κ3) is 5.95. The van der Waals surface area contributed by atoms with E-state index in [1.54, 1.807) is 0 Å². The highest BCUT2D eigenvalue weighted by Gasteiger charge is 2.39. The molecule has 2 rings (SSSR count). The largest absolute Gasteiger partial charge is 0.357 e. The molecule has 23 heavy (non-hydrogen) atoms. The van der Waals surface area contributed by atoms with Gasteiger partial charge in [0.2, 0.25) is 10.0 Å². The summed E-state index contributed by atoms with van der Waals surface area (Å²) in [5.41, 5.74) is 0.520. The quantitative estimate of drug-likeness (QED) is 0.435. The highest BCUT2D eigenvalue weighted by Crippen LogP contribution is 2.43. The maximum absolute atomic E-state index is 11.0. The second-order valence-corrected chi connectivity index (χ2v) is 8.82. The first kappa shape index (κ1) is 18.5. The van der Waals surface area contributed by atoms with Crippen molar-refractivity contribution < 1.29 is 8.42 Å². The number of hydrogen-bond donors (Lipinski definition) is 2. The topological polar surface area (TPSA) is 73.8 Å². The fraction of sp³-hybridized carbons (Fsp3) is 0.938. The Kier molecular flexibility index (Phi) is 6.71. The van der Waals surface area contributed by atoms with Gasteiger partial charge in [0, 0.05) is 32.7 Å². The van der Waals surface area contributed by atoms with Gasteiger partial charge in [0.1, 0.15) is 0 Å². The van der Waals surface area contributed by atoms with Gasteiger partial charge < -0.3 is 10.2 Å². The third-order valence-electron chi connectivity index (χ3n) is 4.95. The molecule has 1 aliphatic heterocycles. The van der Waals surface area contributed by atoms with Crippen molar-refractivity contribution in [3.63, 3.8) is 0 Å². The minimum absolute atomic E-state index is 0.450. The molecule has 1 saturated heterocycles. The Balaban J connectivity index is 1.84. The van der Waals surface area contributed by atoms with Gasteiger partial charge in [-0.3, -0.25) is 4.99 Å². The van der Waals surface area contributed by atoms with Crippen molar-refractivity contribution in [3.05, 3.63) is 0 Å². The predicted molar refractivity (Wildman–Crippen MR) is 95.2 cm³/mol. The number of nitrogens with one attached hydrogen (secondary N) is 2. The summed E-state index contributed by atoms with van der Waals surface area (Å²) >= 11 is 0. The Bertz CT molecular complexity index is 498. The zero-order valence-electron chi connectivity index (χ0n) is 14.6. The smallest absolute Gasteiger partial charge is 0.208 e. The lowest BCUT2D eigenvalue weighted by molar-refractivity contribution is 0.203. The molecule has 2 aliphatic rings. The molecule has 0 aromatic rings. The van der Waals surface area contributed by atoms with Crippen LogP contribution in [0.4, 0.5) is 0 Å². The molecule has 0 radical (unpaired) electrons. The lowest BCUT2D eigenvalue weighted by Gasteiger charge is -2.33. The van der Waals surface area contributed by atoms with Gasteiger partial charge in [0.05, 0.1) is 6.26 Å². The molecule has 0 bridgehead atoms. The Hall–Kier alpha value is -0.820. The number of nitrogens with zero attached hydrogens (tertiary/aromatic N) is 2. The molecule has 1 spiro atoms. The molecule has 0 aromatic heterocycles. The second kappa shape index (κ2) is 8.33. The fourth-order valence-electron chi connectivity index (χ4n) is 3.77. The molecule has 7 heteroatoms. The minimum atomic E-state index is -3.09. The molecule has 0 aromatic carbocycles. The molecular weight excluding hydrogens is 312 g/mol. The van der Waals surface area contributed by atoms with Crippen LogP contribution in [0.25, 0.3) is 0 Å². The Morgan fingerprint density at radius 2 is 1.96 bits per heavy atom. The Labute approximate surface area is 141 Å². The van der Waals surface area contributed by atoms with E-state index in [1.165, 1.54) is 44.8 Å². The molecule has 1 saturated carbocycles. The summed E-state index contributed by atoms with van der Waals surface area (Å²) in [5, 5.41) is 3.39. The van der Waals surface area contributed by atoms with Crippen LogP contribution in [0.2, 0.25) is 0 Å². The highest BCUT2D eigenvalue weighted by atomic mass is 32.2. The van der Waals surface area contributed by atoms with E-state index in [1.807, 2.05) is 0 Å². The van der Waals surface area contributed by atoms with E-state index in [2.05, 4.69) is 26.9 Å². The molecule has 0 amide bonds. The number of sulfonamides is 1. The van der Waals surface area contributed by atoms with E-state index >= 15 is 0 Å². The van der Waals surface area contributed by atoms with Crippen molar-refractivity contribution in [2.24, 2.45) is 10.4 Å². The Morgan fingerprint density at radius 1 is 1.22 bits per heavy atom. The number of likely N-dealkylation sites (tertiary alicyclic amines) is 1. The lowest BCUT2D eigenvalue weighted by atomic mass is 9.73. The van der Waals surface area contributed by atoms with Gasteiger partial charge in [0.15, 0.2) is 5.96 Å². The summed E-state index contributed by atoms with van der Waals surface area (Å²) in [7, 11) is -3.09. The van der Waals surface area contributed by atoms with Crippen molar-refractivity contribution in [2.75, 3.05) is 39.0 Å². The molecule has 134 valence electrons. The van der Waals surface area contributed by atoms with Crippen molar-refractivity contribution >= 4 is 16.0 Å². The molecule has 2 fully saturated rings. The maximum Gasteiger partial charge on any atom is 0.208 e. The number of hydrogen-bond acceptors (Lipinski definition) is 3. The molecule has 0 atom stereocenters. The van der Waals surface area contributed by atoms with Crippen molar-refractivity contribution in [1.82, 2.24) is 14.9 Å². The molecular formula is C16H32N4O2S. The maximum atomic E-state index is 11.0. The van der Waals surface area contributed by atoms with Gasteiger partial charge in [-0.25, -0.2) is 13.1 Å². The van der Waals surface area contributed by atoms with Crippen LogP contribution in [0.1, 0.15) is 51.9 Å². The first-order valence-electron chi connectivity index (χ1n) is 8.92. The van der Waals surface area contributed by atoms with Gasteiger partial charge in [-0.1, -0.05) is 19.3 Å². The first-order chi connectivity index (χ1) is 10.9. The number of rotatable bonds is 6. The van der Waals surface area contributed by atoms with Crippen LogP contribution in [0.15, 0.2) is 4.99 Å². The molecule has 0 unspecified atom stereocenters. The number of aliphatic imine (C=N–C) groups is 1. The van der Waals surface area contributed by atoms with Crippen LogP contribution >= 0.6 is 0 Å². The minimum Gasteiger partial charge on any atom is -0.357 e. The third-order valence-corrected chi connectivity index (χ3v) is 5.68. The summed E-state index contributed by atoms with van der Waals surface area (Å²) in [6.45, 7) is 6.27. The fourth-order valence-corrected chi connectivity index (χ4v) is 4.29. The lowest BCUT2D eigenvalue weighted by Crippen LogP contribution is -2.41. The van der Waals surface area contributed by atoms with Gasteiger partial charge in [-0.05, 0) is 38.0 Å².